The van der Waals surface area contributed by atoms with Crippen molar-refractivity contribution >= 4 is 57.0 Å². The monoisotopic (exact) mass is 628 g/mol. The van der Waals surface area contributed by atoms with E-state index in [1.807, 2.05) is 0 Å². The summed E-state index contributed by atoms with van der Waals surface area (Å²) in [5.41, 5.74) is 2.66. The van der Waals surface area contributed by atoms with E-state index in [1.54, 1.807) is 0 Å². The van der Waals surface area contributed by atoms with Gasteiger partial charge in [0.25, 0.3) is 0 Å². The third-order valence-electron chi connectivity index (χ3n) is 9.10. The van der Waals surface area contributed by atoms with Crippen molar-refractivity contribution in [2.75, 3.05) is 0 Å². The number of rotatable bonds is 8. The molecule has 0 nitrogen and oxygen atoms in total. The van der Waals surface area contributed by atoms with Gasteiger partial charge < -0.3 is 0 Å². The van der Waals surface area contributed by atoms with E-state index in [9.17, 15) is 0 Å². The topological polar surface area (TPSA) is 0 Å². The van der Waals surface area contributed by atoms with Crippen molar-refractivity contribution in [3.8, 4) is 0 Å². The Kier molecular flexibility index (Phi) is 8.51. The molecule has 0 unspecified atom stereocenters. The Morgan fingerprint density at radius 3 is 0.609 bits per heavy atom. The largest absolute Gasteiger partial charge is 0.144 e. The zero-order valence-electron chi connectivity index (χ0n) is 26.4. The fraction of sp³-hybridized carbons (Fsp3) is 0.0455. The molecule has 0 spiro atoms. The molecule has 0 saturated carbocycles. The van der Waals surface area contributed by atoms with Gasteiger partial charge in [0.15, 0.2) is 0 Å². The Hall–Kier alpha value is -4.60. The Bertz CT molecular complexity index is 1680. The maximum Gasteiger partial charge on any atom is 0.144 e. The summed E-state index contributed by atoms with van der Waals surface area (Å²) in [4.78, 5) is 0. The van der Waals surface area contributed by atoms with Crippen LogP contribution >= 0.6 is 14.5 Å². The molecule has 0 bridgehead atoms. The summed E-state index contributed by atoms with van der Waals surface area (Å²) in [6.07, 6.45) is 0. The van der Waals surface area contributed by atoms with Crippen molar-refractivity contribution in [2.24, 2.45) is 0 Å². The molecule has 0 saturated heterocycles. The molecule has 0 aromatic heterocycles. The first kappa shape index (κ1) is 30.1. The summed E-state index contributed by atoms with van der Waals surface area (Å²) in [6, 6.07) is 72.3. The molecule has 0 N–H and O–H groups in total. The van der Waals surface area contributed by atoms with E-state index in [-0.39, 0.29) is 0 Å². The fourth-order valence-electron chi connectivity index (χ4n) is 7.15. The fourth-order valence-corrected chi connectivity index (χ4v) is 16.3. The molecule has 222 valence electrons. The Morgan fingerprint density at radius 1 is 0.261 bits per heavy atom. The molecule has 0 amide bonds. The van der Waals surface area contributed by atoms with E-state index < -0.39 is 14.5 Å². The minimum absolute atomic E-state index is 1.33. The molecule has 46 heavy (non-hydrogen) atoms. The van der Waals surface area contributed by atoms with Gasteiger partial charge in [-0.3, -0.25) is 0 Å². The first-order valence-corrected chi connectivity index (χ1v) is 19.5. The molecule has 0 atom stereocenters. The lowest BCUT2D eigenvalue weighted by atomic mass is 10.2. The van der Waals surface area contributed by atoms with Gasteiger partial charge in [0, 0.05) is 0 Å². The second-order valence-corrected chi connectivity index (χ2v) is 18.5. The van der Waals surface area contributed by atoms with Crippen LogP contribution in [-0.4, -0.2) is 0 Å². The van der Waals surface area contributed by atoms with Gasteiger partial charge in [0.05, 0.1) is 0 Å². The molecule has 0 fully saturated rings. The van der Waals surface area contributed by atoms with Crippen molar-refractivity contribution in [3.05, 3.63) is 205 Å². The minimum atomic E-state index is -2.25. The van der Waals surface area contributed by atoms with Gasteiger partial charge in [-0.2, -0.15) is 0 Å². The Labute approximate surface area is 275 Å². The van der Waals surface area contributed by atoms with Gasteiger partial charge in [-0.15, -0.1) is 0 Å². The first-order valence-electron chi connectivity index (χ1n) is 15.9. The maximum absolute atomic E-state index is 2.55. The van der Waals surface area contributed by atoms with Gasteiger partial charge >= 0.3 is 0 Å². The lowest BCUT2D eigenvalue weighted by Gasteiger charge is -2.32. The van der Waals surface area contributed by atoms with E-state index in [1.165, 1.54) is 53.6 Å². The van der Waals surface area contributed by atoms with Crippen LogP contribution in [0, 0.1) is 13.8 Å². The van der Waals surface area contributed by atoms with Crippen LogP contribution in [0.3, 0.4) is 0 Å². The molecule has 2 heteroatoms. The average Bonchev–Trinajstić information content (AvgIpc) is 3.13. The zero-order valence-corrected chi connectivity index (χ0v) is 28.2. The summed E-state index contributed by atoms with van der Waals surface area (Å²) < 4.78 is 0. The van der Waals surface area contributed by atoms with E-state index >= 15 is 0 Å². The molecule has 0 radical (unpaired) electrons. The van der Waals surface area contributed by atoms with E-state index in [2.05, 4.69) is 208 Å². The zero-order chi connectivity index (χ0) is 31.4. The van der Waals surface area contributed by atoms with Gasteiger partial charge in [0.1, 0.15) is 57.0 Å². The lowest BCUT2D eigenvalue weighted by Crippen LogP contribution is -2.43. The summed E-state index contributed by atoms with van der Waals surface area (Å²) >= 11 is 0. The minimum Gasteiger partial charge on any atom is -0.0620 e. The Morgan fingerprint density at radius 2 is 0.435 bits per heavy atom. The third-order valence-corrected chi connectivity index (χ3v) is 17.9. The van der Waals surface area contributed by atoms with E-state index in [0.29, 0.717) is 0 Å². The lowest BCUT2D eigenvalue weighted by molar-refractivity contribution is 1.46. The summed E-state index contributed by atoms with van der Waals surface area (Å²) in [5.74, 6) is 0. The highest BCUT2D eigenvalue weighted by Crippen LogP contribution is 2.58. The summed E-state index contributed by atoms with van der Waals surface area (Å²) in [5, 5.41) is 11.1. The summed E-state index contributed by atoms with van der Waals surface area (Å²) in [7, 11) is -4.49. The standard InChI is InChI=1S/C44H38P2/c1-35-33-44(46(40-27-15-6-16-28-40,41-29-17-7-18-30-41)42-31-19-8-20-32-42)36(2)34-43(35)45(37-21-9-3-10-22-37,38-23-11-4-12-24-38)39-25-13-5-14-26-39/h3-34H,1-2H3/q+2. The second-order valence-electron chi connectivity index (χ2n) is 11.8. The first-order chi connectivity index (χ1) is 22.7. The number of benzene rings is 7. The van der Waals surface area contributed by atoms with Crippen LogP contribution in [0.2, 0.25) is 0 Å². The normalized spacial score (nSPS) is 11.7. The molecule has 7 aromatic carbocycles. The smallest absolute Gasteiger partial charge is 0.0620 e. The van der Waals surface area contributed by atoms with Gasteiger partial charge in [-0.1, -0.05) is 109 Å². The molecular formula is C44H38P2+2. The highest BCUT2D eigenvalue weighted by atomic mass is 31.2. The number of aryl methyl sites for hydroxylation is 2. The maximum atomic E-state index is 2.55. The molecule has 0 aliphatic rings. The molecule has 7 aromatic rings. The molecule has 0 heterocycles. The molecule has 7 rings (SSSR count). The predicted molar refractivity (Wildman–Crippen MR) is 205 cm³/mol. The average molecular weight is 629 g/mol. The van der Waals surface area contributed by atoms with Crippen LogP contribution in [0.15, 0.2) is 194 Å². The van der Waals surface area contributed by atoms with Gasteiger partial charge in [-0.25, -0.2) is 0 Å². The molecular weight excluding hydrogens is 590 g/mol. The quantitative estimate of drug-likeness (QED) is 0.153. The SMILES string of the molecule is Cc1cc([P+](c2ccccc2)(c2ccccc2)c2ccccc2)c(C)cc1[P+](c1ccccc1)(c1ccccc1)c1ccccc1. The van der Waals surface area contributed by atoms with Crippen molar-refractivity contribution in [3.63, 3.8) is 0 Å². The summed E-state index contributed by atoms with van der Waals surface area (Å²) in [6.45, 7) is 4.69. The highest BCUT2D eigenvalue weighted by molar-refractivity contribution is 8.02. The van der Waals surface area contributed by atoms with Crippen molar-refractivity contribution in [2.45, 2.75) is 13.8 Å². The molecule has 0 aliphatic carbocycles. The van der Waals surface area contributed by atoms with Crippen molar-refractivity contribution in [1.29, 1.82) is 0 Å². The van der Waals surface area contributed by atoms with Crippen molar-refractivity contribution < 1.29 is 0 Å². The predicted octanol–water partition coefficient (Wildman–Crippen LogP) is 7.54. The second kappa shape index (κ2) is 13.0. The van der Waals surface area contributed by atoms with E-state index in [0.717, 1.165) is 0 Å². The van der Waals surface area contributed by atoms with Crippen molar-refractivity contribution in [1.82, 2.24) is 0 Å². The van der Waals surface area contributed by atoms with Gasteiger partial charge in [0.2, 0.25) is 0 Å². The third kappa shape index (κ3) is 5.04. The Balaban J connectivity index is 1.60. The number of hydrogen-bond donors (Lipinski definition) is 0. The van der Waals surface area contributed by atoms with E-state index in [4.69, 9.17) is 0 Å². The van der Waals surface area contributed by atoms with Gasteiger partial charge in [-0.05, 0) is 110 Å². The van der Waals surface area contributed by atoms with Crippen LogP contribution in [0.4, 0.5) is 0 Å². The highest BCUT2D eigenvalue weighted by Gasteiger charge is 2.52. The molecule has 0 aliphatic heterocycles. The van der Waals surface area contributed by atoms with Crippen LogP contribution in [-0.2, 0) is 0 Å². The van der Waals surface area contributed by atoms with Crippen LogP contribution in [0.25, 0.3) is 0 Å². The van der Waals surface area contributed by atoms with Crippen LogP contribution in [0.1, 0.15) is 11.1 Å². The number of hydrogen-bond acceptors (Lipinski definition) is 0. The van der Waals surface area contributed by atoms with Crippen LogP contribution < -0.4 is 42.4 Å². The van der Waals surface area contributed by atoms with Crippen LogP contribution in [0.5, 0.6) is 0 Å².